The number of carbonyl (C=O) groups excluding carboxylic acids is 1. The lowest BCUT2D eigenvalue weighted by Gasteiger charge is -2.33. The van der Waals surface area contributed by atoms with Gasteiger partial charge >= 0.3 is 6.03 Å². The number of carbonyl (C=O) groups is 1. The van der Waals surface area contributed by atoms with E-state index in [0.717, 1.165) is 24.4 Å². The Hall–Kier alpha value is -1.14. The van der Waals surface area contributed by atoms with Crippen LogP contribution in [-0.4, -0.2) is 40.7 Å². The molecule has 0 unspecified atom stereocenters. The summed E-state index contributed by atoms with van der Waals surface area (Å²) in [6.07, 6.45) is 6.21. The normalized spacial score (nSPS) is 23.9. The molecule has 1 aliphatic heterocycles. The van der Waals surface area contributed by atoms with E-state index in [1.165, 1.54) is 17.7 Å². The van der Waals surface area contributed by atoms with Crippen molar-refractivity contribution in [2.75, 3.05) is 19.7 Å². The minimum atomic E-state index is -0.00194. The lowest BCUT2D eigenvalue weighted by Crippen LogP contribution is -2.47. The van der Waals surface area contributed by atoms with Crippen LogP contribution in [0.4, 0.5) is 4.79 Å². The molecule has 21 heavy (non-hydrogen) atoms. The molecule has 0 radical (unpaired) electrons. The van der Waals surface area contributed by atoms with Gasteiger partial charge in [-0.2, -0.15) is 0 Å². The molecule has 116 valence electrons. The molecule has 3 rings (SSSR count). The molecule has 1 aromatic heterocycles. The third-order valence-corrected chi connectivity index (χ3v) is 5.34. The second-order valence-corrected chi connectivity index (χ2v) is 7.48. The minimum Gasteiger partial charge on any atom is -0.396 e. The van der Waals surface area contributed by atoms with Gasteiger partial charge in [0.1, 0.15) is 5.01 Å². The summed E-state index contributed by atoms with van der Waals surface area (Å²) in [5.41, 5.74) is 0. The van der Waals surface area contributed by atoms with E-state index in [2.05, 4.69) is 10.3 Å². The maximum atomic E-state index is 12.5. The fraction of sp³-hybridized carbons (Fsp3) is 0.733. The zero-order valence-corrected chi connectivity index (χ0v) is 13.2. The third-order valence-electron chi connectivity index (χ3n) is 4.34. The highest BCUT2D eigenvalue weighted by molar-refractivity contribution is 7.11. The van der Waals surface area contributed by atoms with E-state index >= 15 is 0 Å². The number of nitrogens with one attached hydrogen (secondary N) is 1. The predicted molar refractivity (Wildman–Crippen MR) is 82.2 cm³/mol. The van der Waals surface area contributed by atoms with E-state index in [0.29, 0.717) is 12.5 Å². The molecule has 2 N–H and O–H groups in total. The molecule has 5 nitrogen and oxygen atoms in total. The zero-order chi connectivity index (χ0) is 14.8. The number of thiazole rings is 1. The standard InChI is InChI=1S/C15H23N3O2S/c1-10-7-16-14(21-10)13(12-4-5-12)17-15(20)18-6-2-3-11(8-18)9-19/h7,11-13,19H,2-6,8-9H2,1H3,(H,17,20)/t11-,13+/m1/s1. The Bertz CT molecular complexity index is 501. The molecule has 1 saturated carbocycles. The third kappa shape index (κ3) is 3.55. The van der Waals surface area contributed by atoms with Crippen LogP contribution in [0.1, 0.15) is 41.6 Å². The van der Waals surface area contributed by atoms with Gasteiger partial charge in [-0.25, -0.2) is 9.78 Å². The highest BCUT2D eigenvalue weighted by atomic mass is 32.1. The second-order valence-electron chi connectivity index (χ2n) is 6.21. The van der Waals surface area contributed by atoms with Crippen molar-refractivity contribution < 1.29 is 9.90 Å². The molecule has 0 aromatic carbocycles. The van der Waals surface area contributed by atoms with E-state index in [4.69, 9.17) is 0 Å². The average Bonchev–Trinajstić information content (AvgIpc) is 3.26. The van der Waals surface area contributed by atoms with Gasteiger partial charge < -0.3 is 15.3 Å². The number of piperidine rings is 1. The Morgan fingerprint density at radius 3 is 3.00 bits per heavy atom. The fourth-order valence-corrected chi connectivity index (χ4v) is 3.87. The first-order valence-corrected chi connectivity index (χ1v) is 8.57. The second kappa shape index (κ2) is 6.32. The van der Waals surface area contributed by atoms with Crippen LogP contribution in [0.15, 0.2) is 6.20 Å². The van der Waals surface area contributed by atoms with Gasteiger partial charge in [0.15, 0.2) is 0 Å². The Balaban J connectivity index is 1.64. The number of hydrogen-bond acceptors (Lipinski definition) is 4. The summed E-state index contributed by atoms with van der Waals surface area (Å²) < 4.78 is 0. The topological polar surface area (TPSA) is 65.5 Å². The molecule has 6 heteroatoms. The number of aromatic nitrogens is 1. The van der Waals surface area contributed by atoms with Crippen molar-refractivity contribution in [1.82, 2.24) is 15.2 Å². The summed E-state index contributed by atoms with van der Waals surface area (Å²) in [7, 11) is 0. The van der Waals surface area contributed by atoms with Crippen LogP contribution in [0.25, 0.3) is 0 Å². The molecule has 2 fully saturated rings. The molecule has 2 amide bonds. The number of urea groups is 1. The monoisotopic (exact) mass is 309 g/mol. The zero-order valence-electron chi connectivity index (χ0n) is 12.4. The molecular formula is C15H23N3O2S. The molecule has 2 atom stereocenters. The number of aryl methyl sites for hydroxylation is 1. The fourth-order valence-electron chi connectivity index (χ4n) is 2.95. The Kier molecular flexibility index (Phi) is 4.45. The van der Waals surface area contributed by atoms with Crippen LogP contribution < -0.4 is 5.32 Å². The van der Waals surface area contributed by atoms with Crippen LogP contribution in [-0.2, 0) is 0 Å². The van der Waals surface area contributed by atoms with Gasteiger partial charge in [-0.1, -0.05) is 0 Å². The highest BCUT2D eigenvalue weighted by Crippen LogP contribution is 2.42. The lowest BCUT2D eigenvalue weighted by molar-refractivity contribution is 0.127. The SMILES string of the molecule is Cc1cnc([C@@H](NC(=O)N2CCC[C@@H](CO)C2)C2CC2)s1. The summed E-state index contributed by atoms with van der Waals surface area (Å²) in [4.78, 5) is 20.0. The van der Waals surface area contributed by atoms with Gasteiger partial charge in [0.2, 0.25) is 0 Å². The van der Waals surface area contributed by atoms with E-state index in [9.17, 15) is 9.90 Å². The van der Waals surface area contributed by atoms with Crippen molar-refractivity contribution in [2.24, 2.45) is 11.8 Å². The molecule has 1 aliphatic carbocycles. The first-order valence-electron chi connectivity index (χ1n) is 7.76. The van der Waals surface area contributed by atoms with Crippen molar-refractivity contribution in [2.45, 2.75) is 38.6 Å². The summed E-state index contributed by atoms with van der Waals surface area (Å²) in [6.45, 7) is 3.66. The van der Waals surface area contributed by atoms with E-state index < -0.39 is 0 Å². The Morgan fingerprint density at radius 1 is 1.57 bits per heavy atom. The smallest absolute Gasteiger partial charge is 0.317 e. The van der Waals surface area contributed by atoms with Crippen molar-refractivity contribution >= 4 is 17.4 Å². The minimum absolute atomic E-state index is 0.00194. The summed E-state index contributed by atoms with van der Waals surface area (Å²) in [6, 6.07) is 0.0589. The maximum absolute atomic E-state index is 12.5. The van der Waals surface area contributed by atoms with Crippen LogP contribution in [0.2, 0.25) is 0 Å². The van der Waals surface area contributed by atoms with Crippen molar-refractivity contribution in [3.63, 3.8) is 0 Å². The van der Waals surface area contributed by atoms with Gasteiger partial charge in [0, 0.05) is 30.8 Å². The highest BCUT2D eigenvalue weighted by Gasteiger charge is 2.36. The van der Waals surface area contributed by atoms with Crippen LogP contribution in [0, 0.1) is 18.8 Å². The quantitative estimate of drug-likeness (QED) is 0.897. The average molecular weight is 309 g/mol. The maximum Gasteiger partial charge on any atom is 0.317 e. The number of nitrogens with zero attached hydrogens (tertiary/aromatic N) is 2. The molecule has 0 spiro atoms. The van der Waals surface area contributed by atoms with Gasteiger partial charge in [-0.15, -0.1) is 11.3 Å². The molecule has 1 aromatic rings. The largest absolute Gasteiger partial charge is 0.396 e. The predicted octanol–water partition coefficient (Wildman–Crippen LogP) is 2.32. The Morgan fingerprint density at radius 2 is 2.38 bits per heavy atom. The van der Waals surface area contributed by atoms with Crippen molar-refractivity contribution in [3.8, 4) is 0 Å². The van der Waals surface area contributed by atoms with E-state index in [1.54, 1.807) is 11.3 Å². The summed E-state index contributed by atoms with van der Waals surface area (Å²) in [5, 5.41) is 13.5. The molecule has 0 bridgehead atoms. The molecule has 2 heterocycles. The number of likely N-dealkylation sites (tertiary alicyclic amines) is 1. The van der Waals surface area contributed by atoms with Crippen LogP contribution in [0.5, 0.6) is 0 Å². The van der Waals surface area contributed by atoms with Crippen LogP contribution >= 0.6 is 11.3 Å². The first kappa shape index (κ1) is 14.8. The number of rotatable bonds is 4. The molecule has 1 saturated heterocycles. The van der Waals surface area contributed by atoms with Crippen molar-refractivity contribution in [1.29, 1.82) is 0 Å². The number of aliphatic hydroxyl groups excluding tert-OH is 1. The number of amides is 2. The van der Waals surface area contributed by atoms with Gasteiger partial charge in [0.05, 0.1) is 6.04 Å². The molecule has 2 aliphatic rings. The number of hydrogen-bond donors (Lipinski definition) is 2. The summed E-state index contributed by atoms with van der Waals surface area (Å²) >= 11 is 1.67. The first-order chi connectivity index (χ1) is 10.2. The Labute approximate surface area is 129 Å². The van der Waals surface area contributed by atoms with Gasteiger partial charge in [0.25, 0.3) is 0 Å². The summed E-state index contributed by atoms with van der Waals surface area (Å²) in [5.74, 6) is 0.768. The molecular weight excluding hydrogens is 286 g/mol. The van der Waals surface area contributed by atoms with Gasteiger partial charge in [-0.3, -0.25) is 0 Å². The number of aliphatic hydroxyl groups is 1. The van der Waals surface area contributed by atoms with E-state index in [-0.39, 0.29) is 24.6 Å². The van der Waals surface area contributed by atoms with Gasteiger partial charge in [-0.05, 0) is 44.4 Å². The van der Waals surface area contributed by atoms with Crippen LogP contribution in [0.3, 0.4) is 0 Å². The van der Waals surface area contributed by atoms with Crippen molar-refractivity contribution in [3.05, 3.63) is 16.1 Å². The van der Waals surface area contributed by atoms with E-state index in [1.807, 2.05) is 18.0 Å². The lowest BCUT2D eigenvalue weighted by atomic mass is 9.99.